The molecule has 0 aliphatic carbocycles. The summed E-state index contributed by atoms with van der Waals surface area (Å²) in [5.74, 6) is -2.99. The van der Waals surface area contributed by atoms with Gasteiger partial charge in [0, 0.05) is 0 Å². The van der Waals surface area contributed by atoms with Crippen LogP contribution >= 0.6 is 0 Å². The third kappa shape index (κ3) is 6.32. The van der Waals surface area contributed by atoms with E-state index in [0.29, 0.717) is 0 Å². The van der Waals surface area contributed by atoms with Crippen LogP contribution in [0.25, 0.3) is 0 Å². The minimum absolute atomic E-state index is 0.276. The number of phenolic OH excluding ortho intramolecular Hbond substituents is 1. The van der Waals surface area contributed by atoms with E-state index in [-0.39, 0.29) is 11.3 Å². The van der Waals surface area contributed by atoms with Gasteiger partial charge in [-0.05, 0) is 42.2 Å². The highest BCUT2D eigenvalue weighted by molar-refractivity contribution is 6.01. The first kappa shape index (κ1) is 19.7. The van der Waals surface area contributed by atoms with Crippen LogP contribution in [0.15, 0.2) is 78.9 Å². The van der Waals surface area contributed by atoms with Crippen molar-refractivity contribution >= 4 is 11.9 Å². The van der Waals surface area contributed by atoms with E-state index in [9.17, 15) is 9.59 Å². The molecule has 0 aliphatic heterocycles. The summed E-state index contributed by atoms with van der Waals surface area (Å²) in [5.41, 5.74) is 2.06. The van der Waals surface area contributed by atoms with Crippen molar-refractivity contribution in [1.29, 1.82) is 0 Å². The molecule has 0 spiro atoms. The van der Waals surface area contributed by atoms with Gasteiger partial charge >= 0.3 is 11.9 Å². The Kier molecular flexibility index (Phi) is 7.14. The molecule has 0 aromatic heterocycles. The van der Waals surface area contributed by atoms with Gasteiger partial charge < -0.3 is 15.3 Å². The molecule has 138 valence electrons. The largest absolute Gasteiger partial charge is 0.508 e. The van der Waals surface area contributed by atoms with E-state index < -0.39 is 17.5 Å². The van der Waals surface area contributed by atoms with Gasteiger partial charge in [-0.15, -0.1) is 0 Å². The van der Waals surface area contributed by atoms with Gasteiger partial charge in [-0.3, -0.25) is 0 Å². The number of aromatic carboxylic acids is 2. The minimum Gasteiger partial charge on any atom is -0.508 e. The van der Waals surface area contributed by atoms with Gasteiger partial charge in [-0.2, -0.15) is 0 Å². The maximum absolute atomic E-state index is 10.5. The average Bonchev–Trinajstić information content (AvgIpc) is 2.68. The third-order valence-corrected chi connectivity index (χ3v) is 3.85. The van der Waals surface area contributed by atoms with Gasteiger partial charge in [0.2, 0.25) is 0 Å². The molecule has 0 heterocycles. The number of carbonyl (C=O) groups is 2. The van der Waals surface area contributed by atoms with Crippen LogP contribution in [0, 0.1) is 0 Å². The van der Waals surface area contributed by atoms with Gasteiger partial charge in [0.25, 0.3) is 0 Å². The Bertz CT molecular complexity index is 850. The maximum atomic E-state index is 10.5. The van der Waals surface area contributed by atoms with Gasteiger partial charge in [-0.1, -0.05) is 60.7 Å². The number of aryl methyl sites for hydroxylation is 2. The molecule has 3 N–H and O–H groups in total. The van der Waals surface area contributed by atoms with Crippen molar-refractivity contribution < 1.29 is 24.9 Å². The van der Waals surface area contributed by atoms with Crippen molar-refractivity contribution in [3.05, 3.63) is 101 Å². The fraction of sp³-hybridized carbons (Fsp3) is 0.0909. The monoisotopic (exact) mass is 364 g/mol. The van der Waals surface area contributed by atoms with Crippen LogP contribution in [0.1, 0.15) is 31.8 Å². The zero-order chi connectivity index (χ0) is 19.6. The molecule has 0 amide bonds. The summed E-state index contributed by atoms with van der Waals surface area (Å²) in [5, 5.41) is 26.0. The summed E-state index contributed by atoms with van der Waals surface area (Å²) in [7, 11) is 0. The maximum Gasteiger partial charge on any atom is 0.336 e. The summed E-state index contributed by atoms with van der Waals surface area (Å²) < 4.78 is 0. The number of hydrogen-bond acceptors (Lipinski definition) is 3. The SMILES string of the molecule is O=C(O)c1ccc(O)cc1C(=O)O.c1ccc(CCc2ccccc2)cc1. The molecule has 0 unspecified atom stereocenters. The van der Waals surface area contributed by atoms with E-state index in [2.05, 4.69) is 60.7 Å². The minimum atomic E-state index is -1.38. The van der Waals surface area contributed by atoms with Gasteiger partial charge in [0.15, 0.2) is 0 Å². The lowest BCUT2D eigenvalue weighted by Crippen LogP contribution is -2.07. The second kappa shape index (κ2) is 9.77. The van der Waals surface area contributed by atoms with E-state index in [1.54, 1.807) is 0 Å². The van der Waals surface area contributed by atoms with E-state index >= 15 is 0 Å². The number of aromatic hydroxyl groups is 1. The predicted molar refractivity (Wildman–Crippen MR) is 102 cm³/mol. The zero-order valence-electron chi connectivity index (χ0n) is 14.6. The molecule has 5 nitrogen and oxygen atoms in total. The first-order valence-corrected chi connectivity index (χ1v) is 8.35. The van der Waals surface area contributed by atoms with Crippen LogP contribution in [0.5, 0.6) is 5.75 Å². The lowest BCUT2D eigenvalue weighted by atomic mass is 10.0. The van der Waals surface area contributed by atoms with Gasteiger partial charge in [0.05, 0.1) is 11.1 Å². The van der Waals surface area contributed by atoms with Gasteiger partial charge in [-0.25, -0.2) is 9.59 Å². The van der Waals surface area contributed by atoms with E-state index in [1.807, 2.05) is 0 Å². The van der Waals surface area contributed by atoms with Crippen LogP contribution in [0.3, 0.4) is 0 Å². The molecule has 0 bridgehead atoms. The molecular formula is C22H20O5. The molecule has 0 aliphatic rings. The van der Waals surface area contributed by atoms with Crippen LogP contribution in [0.2, 0.25) is 0 Å². The molecule has 3 rings (SSSR count). The molecule has 0 fully saturated rings. The molecule has 3 aromatic carbocycles. The Morgan fingerprint density at radius 1 is 0.630 bits per heavy atom. The number of carboxylic acids is 2. The molecule has 5 heteroatoms. The van der Waals surface area contributed by atoms with Crippen molar-refractivity contribution in [2.75, 3.05) is 0 Å². The molecular weight excluding hydrogens is 344 g/mol. The summed E-state index contributed by atoms with van der Waals surface area (Å²) in [6.45, 7) is 0. The molecule has 0 saturated carbocycles. The molecule has 0 radical (unpaired) electrons. The quantitative estimate of drug-likeness (QED) is 0.629. The van der Waals surface area contributed by atoms with E-state index in [0.717, 1.165) is 31.0 Å². The van der Waals surface area contributed by atoms with Crippen molar-refractivity contribution in [3.63, 3.8) is 0 Å². The highest BCUT2D eigenvalue weighted by Gasteiger charge is 2.15. The molecule has 27 heavy (non-hydrogen) atoms. The first-order valence-electron chi connectivity index (χ1n) is 8.35. The summed E-state index contributed by atoms with van der Waals surface area (Å²) in [6.07, 6.45) is 2.26. The Labute approximate surface area is 157 Å². The number of hydrogen-bond donors (Lipinski definition) is 3. The highest BCUT2D eigenvalue weighted by Crippen LogP contribution is 2.16. The number of benzene rings is 3. The van der Waals surface area contributed by atoms with E-state index in [1.165, 1.54) is 11.1 Å². The zero-order valence-corrected chi connectivity index (χ0v) is 14.6. The topological polar surface area (TPSA) is 94.8 Å². The summed E-state index contributed by atoms with van der Waals surface area (Å²) in [6, 6.07) is 24.3. The predicted octanol–water partition coefficient (Wildman–Crippen LogP) is 4.26. The molecule has 3 aromatic rings. The fourth-order valence-electron chi connectivity index (χ4n) is 2.47. The lowest BCUT2D eigenvalue weighted by molar-refractivity contribution is 0.0651. The first-order chi connectivity index (χ1) is 13.0. The second-order valence-corrected chi connectivity index (χ2v) is 5.81. The Morgan fingerprint density at radius 2 is 1.07 bits per heavy atom. The highest BCUT2D eigenvalue weighted by atomic mass is 16.4. The van der Waals surface area contributed by atoms with E-state index in [4.69, 9.17) is 15.3 Å². The van der Waals surface area contributed by atoms with Gasteiger partial charge in [0.1, 0.15) is 5.75 Å². The normalized spacial score (nSPS) is 9.78. The molecule has 0 atom stereocenters. The number of rotatable bonds is 5. The number of carboxylic acid groups (broad SMARTS) is 2. The Balaban J connectivity index is 0.000000194. The smallest absolute Gasteiger partial charge is 0.336 e. The lowest BCUT2D eigenvalue weighted by Gasteiger charge is -2.01. The summed E-state index contributed by atoms with van der Waals surface area (Å²) in [4.78, 5) is 21.0. The van der Waals surface area contributed by atoms with Crippen molar-refractivity contribution in [1.82, 2.24) is 0 Å². The fourth-order valence-corrected chi connectivity index (χ4v) is 2.47. The van der Waals surface area contributed by atoms with Crippen LogP contribution in [0.4, 0.5) is 0 Å². The Morgan fingerprint density at radius 3 is 1.48 bits per heavy atom. The molecule has 0 saturated heterocycles. The van der Waals surface area contributed by atoms with Crippen LogP contribution in [-0.4, -0.2) is 27.3 Å². The average molecular weight is 364 g/mol. The van der Waals surface area contributed by atoms with Crippen molar-refractivity contribution in [2.45, 2.75) is 12.8 Å². The van der Waals surface area contributed by atoms with Crippen LogP contribution in [-0.2, 0) is 12.8 Å². The second-order valence-electron chi connectivity index (χ2n) is 5.81. The van der Waals surface area contributed by atoms with Crippen LogP contribution < -0.4 is 0 Å². The van der Waals surface area contributed by atoms with Crippen molar-refractivity contribution in [3.8, 4) is 5.75 Å². The standard InChI is InChI=1S/C14H14.C8H6O5/c1-3-7-13(8-4-1)11-12-14-9-5-2-6-10-14;9-4-1-2-5(7(10)11)6(3-4)8(12)13/h1-10H,11-12H2;1-3,9H,(H,10,11)(H,12,13). The summed E-state index contributed by atoms with van der Waals surface area (Å²) >= 11 is 0. The Hall–Kier alpha value is -3.60. The van der Waals surface area contributed by atoms with Crippen molar-refractivity contribution in [2.24, 2.45) is 0 Å². The third-order valence-electron chi connectivity index (χ3n) is 3.85. The number of phenols is 1.